The minimum Gasteiger partial charge on any atom is -0.315 e. The van der Waals surface area contributed by atoms with E-state index in [-0.39, 0.29) is 16.0 Å². The molecule has 2 rings (SSSR count). The van der Waals surface area contributed by atoms with Crippen molar-refractivity contribution in [2.24, 2.45) is 0 Å². The Kier molecular flexibility index (Phi) is 5.01. The van der Waals surface area contributed by atoms with Gasteiger partial charge >= 0.3 is 0 Å². The maximum absolute atomic E-state index is 13.9. The van der Waals surface area contributed by atoms with E-state index in [9.17, 15) is 12.8 Å². The monoisotopic (exact) mass is 320 g/mol. The van der Waals surface area contributed by atoms with E-state index in [0.717, 1.165) is 19.0 Å². The van der Waals surface area contributed by atoms with Gasteiger partial charge in [0.1, 0.15) is 10.7 Å². The molecule has 1 aromatic rings. The van der Waals surface area contributed by atoms with Gasteiger partial charge in [-0.15, -0.1) is 0 Å². The van der Waals surface area contributed by atoms with Crippen LogP contribution in [0.1, 0.15) is 19.8 Å². The zero-order valence-electron chi connectivity index (χ0n) is 11.3. The molecule has 1 heterocycles. The Hall–Kier alpha value is -0.690. The molecule has 1 unspecified atom stereocenters. The van der Waals surface area contributed by atoms with Gasteiger partial charge in [0.15, 0.2) is 0 Å². The summed E-state index contributed by atoms with van der Waals surface area (Å²) in [7, 11) is -3.83. The molecule has 1 aliphatic heterocycles. The molecule has 20 heavy (non-hydrogen) atoms. The average molecular weight is 321 g/mol. The molecule has 4 nitrogen and oxygen atoms in total. The van der Waals surface area contributed by atoms with Crippen molar-refractivity contribution in [2.75, 3.05) is 19.6 Å². The van der Waals surface area contributed by atoms with Crippen molar-refractivity contribution in [3.63, 3.8) is 0 Å². The molecule has 1 saturated heterocycles. The summed E-state index contributed by atoms with van der Waals surface area (Å²) in [6.45, 7) is 3.68. The largest absolute Gasteiger partial charge is 0.315 e. The topological polar surface area (TPSA) is 49.4 Å². The summed E-state index contributed by atoms with van der Waals surface area (Å²) in [6, 6.07) is 3.55. The van der Waals surface area contributed by atoms with Crippen molar-refractivity contribution < 1.29 is 12.8 Å². The van der Waals surface area contributed by atoms with E-state index in [0.29, 0.717) is 19.5 Å². The number of hydrogen-bond donors (Lipinski definition) is 1. The molecule has 0 saturated carbocycles. The Morgan fingerprint density at radius 1 is 1.50 bits per heavy atom. The van der Waals surface area contributed by atoms with E-state index in [2.05, 4.69) is 5.32 Å². The van der Waals surface area contributed by atoms with Crippen molar-refractivity contribution >= 4 is 21.6 Å². The van der Waals surface area contributed by atoms with E-state index in [1.165, 1.54) is 16.4 Å². The molecule has 0 radical (unpaired) electrons. The Bertz CT molecular complexity index is 574. The molecule has 0 aliphatic carbocycles. The highest BCUT2D eigenvalue weighted by atomic mass is 35.5. The highest BCUT2D eigenvalue weighted by molar-refractivity contribution is 7.89. The van der Waals surface area contributed by atoms with Crippen molar-refractivity contribution in [1.82, 2.24) is 9.62 Å². The molecule has 1 aromatic carbocycles. The molecular weight excluding hydrogens is 303 g/mol. The summed E-state index contributed by atoms with van der Waals surface area (Å²) in [6.07, 6.45) is 1.43. The number of benzene rings is 1. The predicted molar refractivity (Wildman–Crippen MR) is 76.9 cm³/mol. The van der Waals surface area contributed by atoms with Crippen LogP contribution in [0.5, 0.6) is 0 Å². The van der Waals surface area contributed by atoms with Crippen LogP contribution in [0.3, 0.4) is 0 Å². The highest BCUT2D eigenvalue weighted by Crippen LogP contribution is 2.25. The second-order valence-corrected chi connectivity index (χ2v) is 7.13. The van der Waals surface area contributed by atoms with Crippen LogP contribution in [0, 0.1) is 5.82 Å². The number of hydrogen-bond acceptors (Lipinski definition) is 3. The van der Waals surface area contributed by atoms with E-state index < -0.39 is 15.8 Å². The molecule has 1 fully saturated rings. The minimum absolute atomic E-state index is 0.116. The van der Waals surface area contributed by atoms with Gasteiger partial charge in [-0.2, -0.15) is 4.31 Å². The lowest BCUT2D eigenvalue weighted by Gasteiger charge is -2.27. The Balaban J connectivity index is 2.39. The summed E-state index contributed by atoms with van der Waals surface area (Å²) in [5, 5.41) is 3.32. The van der Waals surface area contributed by atoms with Crippen molar-refractivity contribution in [1.29, 1.82) is 0 Å². The first-order valence-corrected chi connectivity index (χ1v) is 8.46. The van der Waals surface area contributed by atoms with Gasteiger partial charge in [-0.1, -0.05) is 18.5 Å². The lowest BCUT2D eigenvalue weighted by Crippen LogP contribution is -2.42. The Morgan fingerprint density at radius 3 is 2.80 bits per heavy atom. The number of nitrogens with one attached hydrogen (secondary N) is 1. The molecule has 112 valence electrons. The lowest BCUT2D eigenvalue weighted by molar-refractivity contribution is 0.333. The van der Waals surface area contributed by atoms with Gasteiger partial charge in [0.25, 0.3) is 0 Å². The summed E-state index contributed by atoms with van der Waals surface area (Å²) < 4.78 is 40.6. The molecule has 0 aromatic heterocycles. The van der Waals surface area contributed by atoms with Crippen molar-refractivity contribution in [3.05, 3.63) is 29.0 Å². The van der Waals surface area contributed by atoms with Gasteiger partial charge in [0.05, 0.1) is 0 Å². The van der Waals surface area contributed by atoms with Gasteiger partial charge in [0.2, 0.25) is 10.0 Å². The minimum atomic E-state index is -3.83. The first kappa shape index (κ1) is 15.7. The zero-order valence-corrected chi connectivity index (χ0v) is 12.8. The van der Waals surface area contributed by atoms with E-state index in [1.807, 2.05) is 6.92 Å². The normalized spacial score (nSPS) is 19.7. The van der Waals surface area contributed by atoms with Crippen molar-refractivity contribution in [2.45, 2.75) is 30.7 Å². The molecule has 0 amide bonds. The smallest absolute Gasteiger partial charge is 0.246 e. The zero-order chi connectivity index (χ0) is 14.8. The van der Waals surface area contributed by atoms with Crippen LogP contribution in [-0.2, 0) is 10.0 Å². The van der Waals surface area contributed by atoms with Gasteiger partial charge in [-0.25, -0.2) is 12.8 Å². The third-order valence-electron chi connectivity index (χ3n) is 3.37. The summed E-state index contributed by atoms with van der Waals surface area (Å²) in [5.41, 5.74) is 0. The second-order valence-electron chi connectivity index (χ2n) is 4.84. The quantitative estimate of drug-likeness (QED) is 0.905. The molecule has 0 spiro atoms. The number of sulfonamides is 1. The van der Waals surface area contributed by atoms with E-state index >= 15 is 0 Å². The van der Waals surface area contributed by atoms with Crippen molar-refractivity contribution in [3.8, 4) is 0 Å². The summed E-state index contributed by atoms with van der Waals surface area (Å²) in [4.78, 5) is -0.303. The first-order valence-electron chi connectivity index (χ1n) is 6.64. The maximum Gasteiger partial charge on any atom is 0.246 e. The van der Waals surface area contributed by atoms with Crippen LogP contribution in [-0.4, -0.2) is 38.4 Å². The molecule has 7 heteroatoms. The average Bonchev–Trinajstić information content (AvgIpc) is 2.88. The fourth-order valence-corrected chi connectivity index (χ4v) is 4.37. The molecule has 1 aliphatic rings. The highest BCUT2D eigenvalue weighted by Gasteiger charge is 2.34. The number of nitrogens with zero attached hydrogens (tertiary/aromatic N) is 1. The number of halogens is 2. The molecular formula is C13H18ClFN2O2S. The predicted octanol–water partition coefficient (Wildman–Crippen LogP) is 2.24. The maximum atomic E-state index is 13.9. The summed E-state index contributed by atoms with van der Waals surface area (Å²) >= 11 is 5.68. The molecule has 1 N–H and O–H groups in total. The lowest BCUT2D eigenvalue weighted by atomic mass is 10.2. The Labute approximate surface area is 124 Å². The van der Waals surface area contributed by atoms with Crippen LogP contribution < -0.4 is 5.32 Å². The number of rotatable bonds is 5. The van der Waals surface area contributed by atoms with E-state index in [4.69, 9.17) is 11.6 Å². The van der Waals surface area contributed by atoms with Gasteiger partial charge in [-0.05, 0) is 37.6 Å². The van der Waals surface area contributed by atoms with Gasteiger partial charge in [0, 0.05) is 24.2 Å². The van der Waals surface area contributed by atoms with Crippen LogP contribution >= 0.6 is 11.6 Å². The Morgan fingerprint density at radius 2 is 2.25 bits per heavy atom. The first-order chi connectivity index (χ1) is 9.46. The fraction of sp³-hybridized carbons (Fsp3) is 0.538. The second kappa shape index (κ2) is 6.39. The summed E-state index contributed by atoms with van der Waals surface area (Å²) in [5.74, 6) is -0.801. The van der Waals surface area contributed by atoms with Crippen LogP contribution in [0.4, 0.5) is 4.39 Å². The third-order valence-corrected chi connectivity index (χ3v) is 5.59. The molecule has 0 bridgehead atoms. The third kappa shape index (κ3) is 3.14. The van der Waals surface area contributed by atoms with Gasteiger partial charge < -0.3 is 5.32 Å². The fourth-order valence-electron chi connectivity index (χ4n) is 2.42. The van der Waals surface area contributed by atoms with Crippen LogP contribution in [0.25, 0.3) is 0 Å². The molecule has 1 atom stereocenters. The van der Waals surface area contributed by atoms with E-state index in [1.54, 1.807) is 0 Å². The van der Waals surface area contributed by atoms with Gasteiger partial charge in [-0.3, -0.25) is 0 Å². The van der Waals surface area contributed by atoms with Crippen LogP contribution in [0.2, 0.25) is 5.02 Å². The van der Waals surface area contributed by atoms with Crippen LogP contribution in [0.15, 0.2) is 23.1 Å². The standard InChI is InChI=1S/C13H18ClFN2O2S/c1-2-7-17(11-5-6-16-9-11)20(18,19)13-4-3-10(14)8-12(13)15/h3-4,8,11,16H,2,5-7,9H2,1H3. The SMILES string of the molecule is CCCN(C1CCNC1)S(=O)(=O)c1ccc(Cl)cc1F.